The highest BCUT2D eigenvalue weighted by Crippen LogP contribution is 2.28. The van der Waals surface area contributed by atoms with Crippen LogP contribution in [0.15, 0.2) is 98.6 Å². The topological polar surface area (TPSA) is 142 Å². The molecular weight excluding hydrogens is 648 g/mol. The van der Waals surface area contributed by atoms with Crippen molar-refractivity contribution in [3.05, 3.63) is 115 Å². The van der Waals surface area contributed by atoms with Crippen molar-refractivity contribution in [1.29, 1.82) is 0 Å². The van der Waals surface area contributed by atoms with Crippen molar-refractivity contribution < 1.29 is 57.1 Å². The maximum atomic E-state index is 12.7. The lowest BCUT2D eigenvalue weighted by molar-refractivity contribution is -0.138. The second-order valence-electron chi connectivity index (χ2n) is 10.4. The van der Waals surface area contributed by atoms with Gasteiger partial charge in [0, 0.05) is 17.7 Å². The second-order valence-corrected chi connectivity index (χ2v) is 10.4. The maximum Gasteiger partial charge on any atom is 0.513 e. The summed E-state index contributed by atoms with van der Waals surface area (Å²) in [4.78, 5) is 46.6. The molecule has 0 aliphatic carbocycles. The van der Waals surface area contributed by atoms with Gasteiger partial charge >= 0.3 is 24.1 Å². The van der Waals surface area contributed by atoms with Crippen molar-refractivity contribution >= 4 is 29.8 Å². The van der Waals surface area contributed by atoms with E-state index in [0.29, 0.717) is 78.6 Å². The molecule has 0 heterocycles. The Hall–Kier alpha value is -5.88. The largest absolute Gasteiger partial charge is 0.513 e. The van der Waals surface area contributed by atoms with Crippen LogP contribution in [-0.2, 0) is 28.5 Å². The molecule has 0 aliphatic heterocycles. The Bertz CT molecular complexity index is 1610. The predicted molar refractivity (Wildman–Crippen MR) is 183 cm³/mol. The first-order chi connectivity index (χ1) is 24.2. The normalized spacial score (nSPS) is 10.3. The van der Waals surface area contributed by atoms with E-state index in [1.54, 1.807) is 66.7 Å². The number of ether oxygens (including phenoxy) is 8. The van der Waals surface area contributed by atoms with Crippen LogP contribution in [0.5, 0.6) is 23.0 Å². The van der Waals surface area contributed by atoms with E-state index >= 15 is 0 Å². The molecule has 3 aromatic rings. The third-order valence-corrected chi connectivity index (χ3v) is 6.63. The fourth-order valence-corrected chi connectivity index (χ4v) is 3.98. The smallest absolute Gasteiger partial charge is 0.468 e. The maximum absolute atomic E-state index is 12.7. The first-order valence-corrected chi connectivity index (χ1v) is 15.7. The van der Waals surface area contributed by atoms with Gasteiger partial charge in [-0.25, -0.2) is 19.2 Å². The highest BCUT2D eigenvalue weighted by molar-refractivity contribution is 5.91. The quantitative estimate of drug-likeness (QED) is 0.0164. The fraction of sp³-hybridized carbons (Fsp3) is 0.263. The summed E-state index contributed by atoms with van der Waals surface area (Å²) in [5, 5.41) is 0. The van der Waals surface area contributed by atoms with Crippen LogP contribution in [0.25, 0.3) is 5.76 Å². The molecule has 0 N–H and O–H groups in total. The lowest BCUT2D eigenvalue weighted by Gasteiger charge is -2.13. The van der Waals surface area contributed by atoms with Crippen LogP contribution >= 0.6 is 0 Å². The third-order valence-electron chi connectivity index (χ3n) is 6.63. The van der Waals surface area contributed by atoms with E-state index < -0.39 is 24.1 Å². The molecule has 0 fully saturated rings. The zero-order chi connectivity index (χ0) is 36.1. The van der Waals surface area contributed by atoms with Gasteiger partial charge in [0.1, 0.15) is 28.8 Å². The molecule has 12 heteroatoms. The van der Waals surface area contributed by atoms with Crippen LogP contribution in [0.3, 0.4) is 0 Å². The lowest BCUT2D eigenvalue weighted by Crippen LogP contribution is -2.12. The van der Waals surface area contributed by atoms with Crippen molar-refractivity contribution in [2.24, 2.45) is 0 Å². The van der Waals surface area contributed by atoms with Gasteiger partial charge in [0.2, 0.25) is 0 Å². The van der Waals surface area contributed by atoms with E-state index in [4.69, 9.17) is 37.9 Å². The SMILES string of the molecule is C=CC(=O)OCCCCOCOc1ccc(C(=O)Oc2ccc(OC(=C)c3ccc(OC(=O)OCCCCOC(=O)C=C)cc3)c(C)c2)cc1. The Morgan fingerprint density at radius 2 is 1.16 bits per heavy atom. The van der Waals surface area contributed by atoms with Crippen LogP contribution in [-0.4, -0.2) is 57.3 Å². The molecule has 0 aliphatic rings. The van der Waals surface area contributed by atoms with Gasteiger partial charge in [0.25, 0.3) is 0 Å². The summed E-state index contributed by atoms with van der Waals surface area (Å²) < 4.78 is 42.4. The Morgan fingerprint density at radius 1 is 0.620 bits per heavy atom. The summed E-state index contributed by atoms with van der Waals surface area (Å²) in [6.45, 7) is 13.6. The highest BCUT2D eigenvalue weighted by Gasteiger charge is 2.13. The molecule has 0 bridgehead atoms. The minimum absolute atomic E-state index is 0.0355. The average Bonchev–Trinajstić information content (AvgIpc) is 3.12. The molecule has 50 heavy (non-hydrogen) atoms. The second kappa shape index (κ2) is 21.2. The van der Waals surface area contributed by atoms with Crippen LogP contribution in [0.1, 0.15) is 47.2 Å². The summed E-state index contributed by atoms with van der Waals surface area (Å²) in [5.41, 5.74) is 1.69. The summed E-state index contributed by atoms with van der Waals surface area (Å²) in [6, 6.07) is 18.0. The van der Waals surface area contributed by atoms with Gasteiger partial charge in [-0.15, -0.1) is 0 Å². The van der Waals surface area contributed by atoms with Crippen molar-refractivity contribution in [2.75, 3.05) is 33.2 Å². The fourth-order valence-electron chi connectivity index (χ4n) is 3.98. The number of esters is 3. The predicted octanol–water partition coefficient (Wildman–Crippen LogP) is 7.15. The van der Waals surface area contributed by atoms with Gasteiger partial charge in [0.05, 0.1) is 32.0 Å². The molecule has 264 valence electrons. The Kier molecular flexibility index (Phi) is 16.3. The molecule has 0 saturated heterocycles. The van der Waals surface area contributed by atoms with Gasteiger partial charge in [-0.3, -0.25) is 0 Å². The van der Waals surface area contributed by atoms with Crippen molar-refractivity contribution in [3.63, 3.8) is 0 Å². The van der Waals surface area contributed by atoms with Crippen molar-refractivity contribution in [3.8, 4) is 23.0 Å². The van der Waals surface area contributed by atoms with E-state index in [9.17, 15) is 19.2 Å². The number of hydrogen-bond donors (Lipinski definition) is 0. The number of carbonyl (C=O) groups is 4. The summed E-state index contributed by atoms with van der Waals surface area (Å²) in [6.07, 6.45) is 3.75. The first-order valence-electron chi connectivity index (χ1n) is 15.7. The zero-order valence-electron chi connectivity index (χ0n) is 27.9. The number of aryl methyl sites for hydroxylation is 1. The zero-order valence-corrected chi connectivity index (χ0v) is 27.9. The molecule has 0 saturated carbocycles. The minimum Gasteiger partial charge on any atom is -0.468 e. The molecule has 3 aromatic carbocycles. The molecule has 0 atom stereocenters. The molecule has 0 amide bonds. The number of carbonyl (C=O) groups excluding carboxylic acids is 4. The summed E-state index contributed by atoms with van der Waals surface area (Å²) in [7, 11) is 0. The van der Waals surface area contributed by atoms with Crippen molar-refractivity contribution in [1.82, 2.24) is 0 Å². The highest BCUT2D eigenvalue weighted by atomic mass is 16.7. The van der Waals surface area contributed by atoms with Gasteiger partial charge in [-0.1, -0.05) is 19.7 Å². The van der Waals surface area contributed by atoms with E-state index in [-0.39, 0.29) is 25.8 Å². The molecule has 0 spiro atoms. The minimum atomic E-state index is -0.852. The average molecular weight is 689 g/mol. The van der Waals surface area contributed by atoms with Gasteiger partial charge in [-0.05, 0) is 105 Å². The molecule has 0 unspecified atom stereocenters. The van der Waals surface area contributed by atoms with Gasteiger partial charge < -0.3 is 37.9 Å². The van der Waals surface area contributed by atoms with Crippen LogP contribution in [0.4, 0.5) is 4.79 Å². The Balaban J connectivity index is 1.38. The molecule has 12 nitrogen and oxygen atoms in total. The Labute approximate surface area is 290 Å². The Morgan fingerprint density at radius 3 is 1.76 bits per heavy atom. The number of hydrogen-bond acceptors (Lipinski definition) is 12. The van der Waals surface area contributed by atoms with Crippen LogP contribution in [0.2, 0.25) is 0 Å². The van der Waals surface area contributed by atoms with Gasteiger partial charge in [0.15, 0.2) is 6.79 Å². The standard InChI is InChI=1S/C38H40O12/c1-5-35(39)44-22-8-7-21-43-26-47-31-15-13-30(14-16-31)37(41)49-33-19-20-34(27(3)25-33)48-28(4)29-11-17-32(18-12-29)50-38(42)46-24-10-9-23-45-36(40)6-2/h5-6,11-20,25H,1-2,4,7-10,21-24,26H2,3H3. The number of benzene rings is 3. The van der Waals surface area contributed by atoms with Crippen molar-refractivity contribution in [2.45, 2.75) is 32.6 Å². The van der Waals surface area contributed by atoms with E-state index in [1.807, 2.05) is 6.92 Å². The summed E-state index contributed by atoms with van der Waals surface area (Å²) >= 11 is 0. The van der Waals surface area contributed by atoms with E-state index in [2.05, 4.69) is 19.7 Å². The monoisotopic (exact) mass is 688 g/mol. The molecule has 0 aromatic heterocycles. The summed E-state index contributed by atoms with van der Waals surface area (Å²) in [5.74, 6) is 0.511. The number of unbranched alkanes of at least 4 members (excludes halogenated alkanes) is 2. The number of rotatable bonds is 21. The molecule has 3 rings (SSSR count). The van der Waals surface area contributed by atoms with Crippen LogP contribution < -0.4 is 18.9 Å². The lowest BCUT2D eigenvalue weighted by atomic mass is 10.1. The molecular formula is C38H40O12. The van der Waals surface area contributed by atoms with E-state index in [1.165, 1.54) is 0 Å². The molecule has 0 radical (unpaired) electrons. The van der Waals surface area contributed by atoms with Crippen LogP contribution in [0, 0.1) is 6.92 Å². The van der Waals surface area contributed by atoms with E-state index in [0.717, 1.165) is 12.2 Å². The third kappa shape index (κ3) is 14.1. The first kappa shape index (κ1) is 38.6. The van der Waals surface area contributed by atoms with Gasteiger partial charge in [-0.2, -0.15) is 0 Å².